The van der Waals surface area contributed by atoms with Crippen LogP contribution < -0.4 is 4.74 Å². The van der Waals surface area contributed by atoms with Gasteiger partial charge in [-0.25, -0.2) is 0 Å². The van der Waals surface area contributed by atoms with Crippen molar-refractivity contribution in [2.75, 3.05) is 0 Å². The fourth-order valence-electron chi connectivity index (χ4n) is 2.24. The number of hydrogen-bond acceptors (Lipinski definition) is 2. The summed E-state index contributed by atoms with van der Waals surface area (Å²) in [6.45, 7) is 2.10. The summed E-state index contributed by atoms with van der Waals surface area (Å²) in [6.07, 6.45) is 1.27. The van der Waals surface area contributed by atoms with Crippen LogP contribution in [-0.2, 0) is 6.42 Å². The maximum atomic E-state index is 6.18. The van der Waals surface area contributed by atoms with Crippen LogP contribution in [0.2, 0.25) is 5.02 Å². The summed E-state index contributed by atoms with van der Waals surface area (Å²) in [5, 5.41) is 2.84. The Morgan fingerprint density at radius 3 is 3.00 bits per heavy atom. The number of thiophene rings is 1. The molecule has 1 nitrogen and oxygen atoms in total. The highest BCUT2D eigenvalue weighted by Gasteiger charge is 2.22. The summed E-state index contributed by atoms with van der Waals surface area (Å²) in [4.78, 5) is 1.31. The molecule has 1 aliphatic heterocycles. The van der Waals surface area contributed by atoms with Crippen LogP contribution in [0.1, 0.15) is 27.8 Å². The van der Waals surface area contributed by atoms with Gasteiger partial charge in [-0.05, 0) is 35.6 Å². The van der Waals surface area contributed by atoms with Crippen LogP contribution in [-0.4, -0.2) is 6.10 Å². The van der Waals surface area contributed by atoms with E-state index in [-0.39, 0.29) is 10.9 Å². The zero-order chi connectivity index (χ0) is 12.7. The van der Waals surface area contributed by atoms with Crippen LogP contribution in [0.3, 0.4) is 0 Å². The maximum absolute atomic E-state index is 6.18. The van der Waals surface area contributed by atoms with E-state index >= 15 is 0 Å². The fourth-order valence-corrected chi connectivity index (χ4v) is 4.39. The van der Waals surface area contributed by atoms with Crippen LogP contribution >= 0.6 is 38.9 Å². The molecule has 4 heteroatoms. The summed E-state index contributed by atoms with van der Waals surface area (Å²) in [6, 6.07) is 8.32. The molecule has 0 saturated carbocycles. The zero-order valence-electron chi connectivity index (χ0n) is 9.82. The number of rotatable bonds is 2. The van der Waals surface area contributed by atoms with E-state index in [1.165, 1.54) is 11.1 Å². The molecular weight excluding hydrogens is 332 g/mol. The molecule has 18 heavy (non-hydrogen) atoms. The fraction of sp³-hybridized carbons (Fsp3) is 0.286. The molecule has 0 aliphatic carbocycles. The van der Waals surface area contributed by atoms with Crippen molar-refractivity contribution in [3.63, 3.8) is 0 Å². The maximum Gasteiger partial charge on any atom is 0.123 e. The van der Waals surface area contributed by atoms with Crippen molar-refractivity contribution >= 4 is 38.9 Å². The molecule has 2 aromatic rings. The van der Waals surface area contributed by atoms with Gasteiger partial charge in [0.05, 0.1) is 9.85 Å². The van der Waals surface area contributed by atoms with Crippen molar-refractivity contribution < 1.29 is 4.74 Å². The van der Waals surface area contributed by atoms with E-state index in [2.05, 4.69) is 41.1 Å². The predicted molar refractivity (Wildman–Crippen MR) is 80.3 cm³/mol. The van der Waals surface area contributed by atoms with Crippen LogP contribution in [0.5, 0.6) is 5.75 Å². The monoisotopic (exact) mass is 342 g/mol. The van der Waals surface area contributed by atoms with E-state index < -0.39 is 0 Å². The van der Waals surface area contributed by atoms with E-state index in [4.69, 9.17) is 16.3 Å². The van der Waals surface area contributed by atoms with E-state index in [0.717, 1.165) is 22.1 Å². The summed E-state index contributed by atoms with van der Waals surface area (Å²) in [7, 11) is 0. The van der Waals surface area contributed by atoms with Crippen molar-refractivity contribution in [3.8, 4) is 5.75 Å². The minimum Gasteiger partial charge on any atom is -0.490 e. The predicted octanol–water partition coefficient (Wildman–Crippen LogP) is 5.21. The van der Waals surface area contributed by atoms with Crippen LogP contribution in [0.4, 0.5) is 0 Å². The number of alkyl halides is 1. The van der Waals surface area contributed by atoms with Gasteiger partial charge in [0.25, 0.3) is 0 Å². The van der Waals surface area contributed by atoms with Gasteiger partial charge in [-0.2, -0.15) is 0 Å². The number of benzene rings is 1. The molecule has 2 heterocycles. The second-order valence-electron chi connectivity index (χ2n) is 4.50. The summed E-state index contributed by atoms with van der Waals surface area (Å²) in [5.41, 5.74) is 2.52. The van der Waals surface area contributed by atoms with Crippen molar-refractivity contribution in [2.45, 2.75) is 24.3 Å². The van der Waals surface area contributed by atoms with Crippen LogP contribution in [0.25, 0.3) is 0 Å². The molecule has 3 rings (SSSR count). The molecule has 0 bridgehead atoms. The second-order valence-corrected chi connectivity index (χ2v) is 6.77. The highest BCUT2D eigenvalue weighted by Crippen LogP contribution is 2.41. The van der Waals surface area contributed by atoms with Crippen molar-refractivity contribution in [3.05, 3.63) is 50.7 Å². The van der Waals surface area contributed by atoms with Crippen LogP contribution in [0, 0.1) is 0 Å². The normalized spacial score (nSPS) is 19.4. The molecule has 94 valence electrons. The van der Waals surface area contributed by atoms with Crippen molar-refractivity contribution in [2.24, 2.45) is 0 Å². The molecule has 0 radical (unpaired) electrons. The highest BCUT2D eigenvalue weighted by molar-refractivity contribution is 9.09. The molecule has 0 fully saturated rings. The van der Waals surface area contributed by atoms with Gasteiger partial charge in [-0.3, -0.25) is 0 Å². The van der Waals surface area contributed by atoms with Gasteiger partial charge in [0.15, 0.2) is 0 Å². The smallest absolute Gasteiger partial charge is 0.123 e. The number of halogens is 2. The Kier molecular flexibility index (Phi) is 3.39. The third kappa shape index (κ3) is 2.20. The first-order chi connectivity index (χ1) is 8.65. The van der Waals surface area contributed by atoms with Gasteiger partial charge >= 0.3 is 0 Å². The van der Waals surface area contributed by atoms with Gasteiger partial charge < -0.3 is 4.74 Å². The minimum absolute atomic E-state index is 0.159. The lowest BCUT2D eigenvalue weighted by Crippen LogP contribution is -2.05. The first kappa shape index (κ1) is 12.5. The topological polar surface area (TPSA) is 9.23 Å². The molecular formula is C14H12BrClOS. The SMILES string of the molecule is CC1Cc2cc(C(Br)c3sccc3Cl)ccc2O1. The molecule has 0 saturated heterocycles. The second kappa shape index (κ2) is 4.87. The Labute approximate surface area is 124 Å². The molecule has 1 aromatic carbocycles. The summed E-state index contributed by atoms with van der Waals surface area (Å²) < 4.78 is 5.72. The Morgan fingerprint density at radius 1 is 1.44 bits per heavy atom. The third-order valence-electron chi connectivity index (χ3n) is 3.09. The lowest BCUT2D eigenvalue weighted by atomic mass is 10.0. The van der Waals surface area contributed by atoms with Gasteiger partial charge in [0.2, 0.25) is 0 Å². The van der Waals surface area contributed by atoms with E-state index in [9.17, 15) is 0 Å². The lowest BCUT2D eigenvalue weighted by Gasteiger charge is -2.10. The quantitative estimate of drug-likeness (QED) is 0.680. The van der Waals surface area contributed by atoms with Crippen LogP contribution in [0.15, 0.2) is 29.6 Å². The molecule has 2 atom stereocenters. The average Bonchev–Trinajstić information content (AvgIpc) is 2.91. The van der Waals surface area contributed by atoms with Gasteiger partial charge in [-0.1, -0.05) is 39.7 Å². The Morgan fingerprint density at radius 2 is 2.28 bits per heavy atom. The number of ether oxygens (including phenoxy) is 1. The minimum atomic E-state index is 0.159. The molecule has 1 aliphatic rings. The highest BCUT2D eigenvalue weighted by atomic mass is 79.9. The first-order valence-corrected chi connectivity index (χ1v) is 7.99. The molecule has 1 aromatic heterocycles. The zero-order valence-corrected chi connectivity index (χ0v) is 13.0. The Balaban J connectivity index is 1.94. The van der Waals surface area contributed by atoms with Gasteiger partial charge in [0, 0.05) is 11.3 Å². The first-order valence-electron chi connectivity index (χ1n) is 5.81. The number of fused-ring (bicyclic) bond motifs is 1. The van der Waals surface area contributed by atoms with E-state index in [1.54, 1.807) is 11.3 Å². The molecule has 0 amide bonds. The van der Waals surface area contributed by atoms with Gasteiger partial charge in [-0.15, -0.1) is 11.3 Å². The molecule has 0 spiro atoms. The third-order valence-corrected chi connectivity index (χ3v) is 5.80. The van der Waals surface area contributed by atoms with Crippen molar-refractivity contribution in [1.82, 2.24) is 0 Å². The number of hydrogen-bond donors (Lipinski definition) is 0. The molecule has 0 N–H and O–H groups in total. The summed E-state index contributed by atoms with van der Waals surface area (Å²) in [5.74, 6) is 1.02. The lowest BCUT2D eigenvalue weighted by molar-refractivity contribution is 0.254. The summed E-state index contributed by atoms with van der Waals surface area (Å²) >= 11 is 11.6. The van der Waals surface area contributed by atoms with E-state index in [0.29, 0.717) is 0 Å². The Bertz CT molecular complexity index is 581. The van der Waals surface area contributed by atoms with Crippen molar-refractivity contribution in [1.29, 1.82) is 0 Å². The largest absolute Gasteiger partial charge is 0.490 e. The van der Waals surface area contributed by atoms with E-state index in [1.807, 2.05) is 11.4 Å². The average molecular weight is 344 g/mol. The standard InChI is InChI=1S/C14H12BrClOS/c1-8-6-10-7-9(2-3-12(10)17-8)13(15)14-11(16)4-5-18-14/h2-5,7-8,13H,6H2,1H3. The molecule has 2 unspecified atom stereocenters. The van der Waals surface area contributed by atoms with Gasteiger partial charge in [0.1, 0.15) is 11.9 Å². The Hall–Kier alpha value is -0.510.